The molecule has 2 heterocycles. The molecule has 40 heavy (non-hydrogen) atoms. The van der Waals surface area contributed by atoms with Crippen molar-refractivity contribution in [3.8, 4) is 11.3 Å². The number of nitrogens with zero attached hydrogens (tertiary/aromatic N) is 1. The number of benzene rings is 3. The summed E-state index contributed by atoms with van der Waals surface area (Å²) in [5.74, 6) is 0.547. The van der Waals surface area contributed by atoms with Crippen molar-refractivity contribution in [1.29, 1.82) is 0 Å². The van der Waals surface area contributed by atoms with Crippen LogP contribution in [0.2, 0.25) is 0 Å². The van der Waals surface area contributed by atoms with E-state index in [4.69, 9.17) is 0 Å². The maximum Gasteiger partial charge on any atom is 0.162 e. The Balaban J connectivity index is 0.000000243. The second kappa shape index (κ2) is 14.7. The first-order valence-corrected chi connectivity index (χ1v) is 14.8. The molecule has 0 fully saturated rings. The van der Waals surface area contributed by atoms with Gasteiger partial charge in [0.1, 0.15) is 0 Å². The van der Waals surface area contributed by atoms with Crippen LogP contribution >= 0.6 is 11.3 Å². The van der Waals surface area contributed by atoms with Crippen molar-refractivity contribution in [2.75, 3.05) is 0 Å². The monoisotopic (exact) mass is 729 g/mol. The number of thiophene rings is 1. The molecule has 5 rings (SSSR count). The minimum Gasteiger partial charge on any atom is -0.512 e. The molecule has 0 saturated heterocycles. The van der Waals surface area contributed by atoms with E-state index in [2.05, 4.69) is 78.6 Å². The number of aromatic nitrogens is 1. The van der Waals surface area contributed by atoms with Crippen LogP contribution in [-0.2, 0) is 24.9 Å². The summed E-state index contributed by atoms with van der Waals surface area (Å²) in [7, 11) is 0. The molecule has 3 aromatic carbocycles. The van der Waals surface area contributed by atoms with E-state index in [0.717, 1.165) is 36.9 Å². The standard InChI is InChI=1S/C22H14NS.C13H24O2.Ir/c1-14-12-20-21(24-14)10-11-23-22(20)17-8-9-19-16(13-17)7-6-15-4-2-3-5-18(15)19;1-5-10(6-2)12(14)9-13(15)11(7-3)8-4;/h2-7,9-13H,1H3;9-11,14H,5-8H2,1-4H3;/q-1;;/b;12-9-;. The fourth-order valence-corrected chi connectivity index (χ4v) is 6.09. The second-order valence-electron chi connectivity index (χ2n) is 10.1. The maximum absolute atomic E-state index is 11.7. The Morgan fingerprint density at radius 3 is 2.27 bits per heavy atom. The molecule has 0 bridgehead atoms. The molecule has 5 aromatic rings. The number of allylic oxidation sites excluding steroid dienone is 2. The van der Waals surface area contributed by atoms with Gasteiger partial charge in [0.2, 0.25) is 0 Å². The molecule has 211 valence electrons. The van der Waals surface area contributed by atoms with Crippen molar-refractivity contribution in [3.05, 3.63) is 89.6 Å². The van der Waals surface area contributed by atoms with E-state index in [1.165, 1.54) is 42.6 Å². The molecule has 0 aliphatic heterocycles. The van der Waals surface area contributed by atoms with Crippen LogP contribution in [0.5, 0.6) is 0 Å². The largest absolute Gasteiger partial charge is 0.512 e. The van der Waals surface area contributed by atoms with Gasteiger partial charge in [-0.3, -0.25) is 4.79 Å². The number of hydrogen-bond donors (Lipinski definition) is 1. The molecule has 0 aliphatic rings. The van der Waals surface area contributed by atoms with Crippen molar-refractivity contribution < 1.29 is 30.0 Å². The van der Waals surface area contributed by atoms with Crippen LogP contribution in [0.1, 0.15) is 58.3 Å². The molecular weight excluding hydrogens is 691 g/mol. The van der Waals surface area contributed by atoms with Gasteiger partial charge in [-0.25, -0.2) is 0 Å². The number of rotatable bonds is 8. The number of aliphatic hydroxyl groups is 1. The number of fused-ring (bicyclic) bond motifs is 4. The molecule has 2 aromatic heterocycles. The third-order valence-corrected chi connectivity index (χ3v) is 8.60. The fraction of sp³-hybridized carbons (Fsp3) is 0.314. The number of hydrogen-bond acceptors (Lipinski definition) is 4. The summed E-state index contributed by atoms with van der Waals surface area (Å²) in [6.45, 7) is 10.2. The Morgan fingerprint density at radius 1 is 0.900 bits per heavy atom. The molecule has 5 heteroatoms. The Kier molecular flexibility index (Phi) is 11.6. The van der Waals surface area contributed by atoms with Gasteiger partial charge in [0.15, 0.2) is 5.78 Å². The molecule has 0 aliphatic carbocycles. The van der Waals surface area contributed by atoms with E-state index in [1.54, 1.807) is 0 Å². The van der Waals surface area contributed by atoms with Gasteiger partial charge in [-0.15, -0.1) is 40.5 Å². The number of aliphatic hydroxyl groups excluding tert-OH is 1. The zero-order valence-electron chi connectivity index (χ0n) is 24.0. The number of pyridine rings is 1. The van der Waals surface area contributed by atoms with E-state index in [0.29, 0.717) is 0 Å². The minimum atomic E-state index is 0. The molecule has 0 amide bonds. The Hall–Kier alpha value is -2.85. The van der Waals surface area contributed by atoms with Gasteiger partial charge in [0.25, 0.3) is 0 Å². The zero-order valence-corrected chi connectivity index (χ0v) is 27.2. The van der Waals surface area contributed by atoms with Crippen LogP contribution in [0.4, 0.5) is 0 Å². The first-order chi connectivity index (χ1) is 18.9. The van der Waals surface area contributed by atoms with Crippen molar-refractivity contribution in [1.82, 2.24) is 4.98 Å². The number of aryl methyl sites for hydroxylation is 1. The molecule has 0 spiro atoms. The normalized spacial score (nSPS) is 11.6. The summed E-state index contributed by atoms with van der Waals surface area (Å²) >= 11 is 1.81. The van der Waals surface area contributed by atoms with E-state index >= 15 is 0 Å². The van der Waals surface area contributed by atoms with Gasteiger partial charge in [0.05, 0.1) is 5.76 Å². The van der Waals surface area contributed by atoms with Crippen molar-refractivity contribution >= 4 is 48.8 Å². The van der Waals surface area contributed by atoms with E-state index in [1.807, 2.05) is 45.2 Å². The predicted octanol–water partition coefficient (Wildman–Crippen LogP) is 10.2. The van der Waals surface area contributed by atoms with Crippen LogP contribution in [-0.4, -0.2) is 15.9 Å². The minimum absolute atomic E-state index is 0. The summed E-state index contributed by atoms with van der Waals surface area (Å²) < 4.78 is 1.28. The number of carbonyl (C=O) groups excluding carboxylic acids is 1. The predicted molar refractivity (Wildman–Crippen MR) is 168 cm³/mol. The first kappa shape index (κ1) is 31.7. The van der Waals surface area contributed by atoms with Gasteiger partial charge in [-0.2, -0.15) is 0 Å². The van der Waals surface area contributed by atoms with Crippen LogP contribution in [0.25, 0.3) is 42.9 Å². The maximum atomic E-state index is 11.7. The molecule has 1 radical (unpaired) electrons. The van der Waals surface area contributed by atoms with Crippen LogP contribution in [0.3, 0.4) is 0 Å². The Bertz CT molecular complexity index is 1610. The smallest absolute Gasteiger partial charge is 0.162 e. The van der Waals surface area contributed by atoms with Crippen molar-refractivity contribution in [2.45, 2.75) is 60.3 Å². The Morgan fingerprint density at radius 2 is 1.57 bits per heavy atom. The van der Waals surface area contributed by atoms with Gasteiger partial charge >= 0.3 is 0 Å². The third kappa shape index (κ3) is 7.07. The summed E-state index contributed by atoms with van der Waals surface area (Å²) in [6, 6.07) is 25.0. The zero-order chi connectivity index (χ0) is 27.9. The van der Waals surface area contributed by atoms with E-state index in [-0.39, 0.29) is 43.5 Å². The van der Waals surface area contributed by atoms with Crippen LogP contribution in [0, 0.1) is 24.8 Å². The molecule has 0 atom stereocenters. The molecule has 1 N–H and O–H groups in total. The quantitative estimate of drug-likeness (QED) is 0.0749. The second-order valence-corrected chi connectivity index (χ2v) is 11.4. The number of carbonyl (C=O) groups is 1. The summed E-state index contributed by atoms with van der Waals surface area (Å²) in [5, 5.41) is 16.0. The fourth-order valence-electron chi connectivity index (χ4n) is 5.17. The third-order valence-electron chi connectivity index (χ3n) is 7.58. The number of ketones is 1. The average molecular weight is 729 g/mol. The van der Waals surface area contributed by atoms with Crippen molar-refractivity contribution in [3.63, 3.8) is 0 Å². The summed E-state index contributed by atoms with van der Waals surface area (Å²) in [4.78, 5) is 17.7. The summed E-state index contributed by atoms with van der Waals surface area (Å²) in [5.41, 5.74) is 2.08. The van der Waals surface area contributed by atoms with E-state index in [9.17, 15) is 9.90 Å². The average Bonchev–Trinajstić information content (AvgIpc) is 3.34. The molecule has 0 saturated carbocycles. The molecule has 3 nitrogen and oxygen atoms in total. The molecular formula is C35H38IrNO2S-. The van der Waals surface area contributed by atoms with Gasteiger partial charge in [0, 0.05) is 53.8 Å². The SMILES string of the molecule is CCC(CC)C(=O)/C=C(\O)C(CC)CC.Cc1cc2c(-c3[c-]cc4c(ccc5ccccc54)c3)nccc2s1.[Ir]. The van der Waals surface area contributed by atoms with Gasteiger partial charge < -0.3 is 10.1 Å². The van der Waals surface area contributed by atoms with E-state index < -0.39 is 0 Å². The van der Waals surface area contributed by atoms with Gasteiger partial charge in [-0.1, -0.05) is 74.9 Å². The van der Waals surface area contributed by atoms with Crippen LogP contribution < -0.4 is 0 Å². The molecule has 0 unspecified atom stereocenters. The Labute approximate surface area is 255 Å². The first-order valence-electron chi connectivity index (χ1n) is 14.0. The topological polar surface area (TPSA) is 50.2 Å². The van der Waals surface area contributed by atoms with Crippen LogP contribution in [0.15, 0.2) is 78.7 Å². The van der Waals surface area contributed by atoms with Gasteiger partial charge in [-0.05, 0) is 61.2 Å². The summed E-state index contributed by atoms with van der Waals surface area (Å²) in [6.07, 6.45) is 6.80. The van der Waals surface area contributed by atoms with Crippen molar-refractivity contribution in [2.24, 2.45) is 11.8 Å².